The molecule has 1 aliphatic heterocycles. The molecule has 1 saturated heterocycles. The van der Waals surface area contributed by atoms with E-state index in [1.165, 1.54) is 12.1 Å². The van der Waals surface area contributed by atoms with Crippen LogP contribution >= 0.6 is 0 Å². The summed E-state index contributed by atoms with van der Waals surface area (Å²) in [5.74, 6) is 1.77. The zero-order valence-electron chi connectivity index (χ0n) is 12.1. The van der Waals surface area contributed by atoms with Gasteiger partial charge in [-0.15, -0.1) is 0 Å². The van der Waals surface area contributed by atoms with Crippen molar-refractivity contribution in [2.24, 2.45) is 0 Å². The number of hydrogen-bond acceptors (Lipinski definition) is 4. The molecule has 1 aromatic carbocycles. The van der Waals surface area contributed by atoms with Crippen molar-refractivity contribution in [3.63, 3.8) is 0 Å². The largest absolute Gasteiger partial charge is 0.487 e. The quantitative estimate of drug-likeness (QED) is 0.482. The van der Waals surface area contributed by atoms with E-state index in [1.54, 1.807) is 24.2 Å². The maximum atomic E-state index is 10.7. The molecule has 106 valence electrons. The fourth-order valence-corrected chi connectivity index (χ4v) is 1.90. The van der Waals surface area contributed by atoms with E-state index >= 15 is 0 Å². The van der Waals surface area contributed by atoms with E-state index in [2.05, 4.69) is 0 Å². The van der Waals surface area contributed by atoms with Gasteiger partial charge in [-0.1, -0.05) is 24.2 Å². The van der Waals surface area contributed by atoms with E-state index in [0.717, 1.165) is 5.56 Å². The molecule has 0 unspecified atom stereocenters. The van der Waals surface area contributed by atoms with E-state index in [4.69, 9.17) is 9.31 Å². The van der Waals surface area contributed by atoms with Gasteiger partial charge < -0.3 is 9.31 Å². The first-order chi connectivity index (χ1) is 9.21. The predicted molar refractivity (Wildman–Crippen MR) is 78.2 cm³/mol. The molecule has 0 aromatic heterocycles. The third-order valence-electron chi connectivity index (χ3n) is 3.80. The lowest BCUT2D eigenvalue weighted by Gasteiger charge is -2.32. The summed E-state index contributed by atoms with van der Waals surface area (Å²) in [7, 11) is -0.445. The van der Waals surface area contributed by atoms with Crippen LogP contribution in [0.25, 0.3) is 6.08 Å². The molecule has 0 radical (unpaired) electrons. The zero-order valence-corrected chi connectivity index (χ0v) is 12.1. The van der Waals surface area contributed by atoms with Gasteiger partial charge in [-0.05, 0) is 33.3 Å². The Hall–Kier alpha value is -1.66. The average molecular weight is 275 g/mol. The van der Waals surface area contributed by atoms with Gasteiger partial charge in [0.25, 0.3) is 5.69 Å². The zero-order chi connectivity index (χ0) is 15.0. The van der Waals surface area contributed by atoms with Gasteiger partial charge in [0.05, 0.1) is 16.1 Å². The highest BCUT2D eigenvalue weighted by molar-refractivity contribution is 6.52. The van der Waals surface area contributed by atoms with Crippen LogP contribution in [-0.4, -0.2) is 23.2 Å². The molecule has 2 rings (SSSR count). The Morgan fingerprint density at radius 3 is 2.35 bits per heavy atom. The minimum absolute atomic E-state index is 0.0704. The molecule has 6 heteroatoms. The molecule has 0 bridgehead atoms. The lowest BCUT2D eigenvalue weighted by Crippen LogP contribution is -2.41. The lowest BCUT2D eigenvalue weighted by molar-refractivity contribution is -0.384. The number of nitrogens with zero attached hydrogens (tertiary/aromatic N) is 1. The Morgan fingerprint density at radius 1 is 1.20 bits per heavy atom. The van der Waals surface area contributed by atoms with Gasteiger partial charge in [-0.3, -0.25) is 10.1 Å². The monoisotopic (exact) mass is 275 g/mol. The molecule has 1 aliphatic rings. The van der Waals surface area contributed by atoms with E-state index in [0.29, 0.717) is 0 Å². The SMILES string of the molecule is CC1(C)OB(/C=C/c2cccc([N+](=O)[O-])c2)OC1(C)C. The highest BCUT2D eigenvalue weighted by Crippen LogP contribution is 2.37. The molecule has 1 aromatic rings. The summed E-state index contributed by atoms with van der Waals surface area (Å²) in [6, 6.07) is 6.44. The summed E-state index contributed by atoms with van der Waals surface area (Å²) in [5.41, 5.74) is 0.0463. The smallest absolute Gasteiger partial charge is 0.400 e. The minimum atomic E-state index is -0.445. The third kappa shape index (κ3) is 2.91. The normalized spacial score (nSPS) is 20.5. The standard InChI is InChI=1S/C14H18BNO4/c1-13(2)14(3,4)20-15(19-13)9-8-11-6-5-7-12(10-11)16(17)18/h5-10H,1-4H3/b9-8+. The van der Waals surface area contributed by atoms with Crippen molar-refractivity contribution in [2.45, 2.75) is 38.9 Å². The highest BCUT2D eigenvalue weighted by atomic mass is 16.7. The van der Waals surface area contributed by atoms with Crippen molar-refractivity contribution in [1.29, 1.82) is 0 Å². The minimum Gasteiger partial charge on any atom is -0.400 e. The van der Waals surface area contributed by atoms with Crippen molar-refractivity contribution in [3.8, 4) is 0 Å². The van der Waals surface area contributed by atoms with E-state index < -0.39 is 12.0 Å². The number of rotatable bonds is 3. The second-order valence-corrected chi connectivity index (χ2v) is 5.84. The first kappa shape index (κ1) is 14.7. The van der Waals surface area contributed by atoms with Crippen LogP contribution in [0.4, 0.5) is 5.69 Å². The third-order valence-corrected chi connectivity index (χ3v) is 3.80. The number of nitro benzene ring substituents is 1. The molecule has 1 heterocycles. The van der Waals surface area contributed by atoms with Crippen LogP contribution in [-0.2, 0) is 9.31 Å². The Morgan fingerprint density at radius 2 is 1.80 bits per heavy atom. The molecule has 20 heavy (non-hydrogen) atoms. The molecule has 1 fully saturated rings. The topological polar surface area (TPSA) is 61.6 Å². The number of nitro groups is 1. The van der Waals surface area contributed by atoms with Gasteiger partial charge in [0.15, 0.2) is 0 Å². The first-order valence-electron chi connectivity index (χ1n) is 6.50. The fourth-order valence-electron chi connectivity index (χ4n) is 1.90. The second-order valence-electron chi connectivity index (χ2n) is 5.84. The molecule has 0 amide bonds. The number of non-ortho nitro benzene ring substituents is 1. The van der Waals surface area contributed by atoms with Crippen molar-refractivity contribution in [1.82, 2.24) is 0 Å². The molecular weight excluding hydrogens is 257 g/mol. The maximum Gasteiger partial charge on any atom is 0.487 e. The Kier molecular flexibility index (Phi) is 3.71. The summed E-state index contributed by atoms with van der Waals surface area (Å²) in [6.45, 7) is 7.92. The van der Waals surface area contributed by atoms with Crippen LogP contribution in [0.15, 0.2) is 30.2 Å². The van der Waals surface area contributed by atoms with Crippen LogP contribution < -0.4 is 0 Å². The second kappa shape index (κ2) is 5.03. The number of benzene rings is 1. The van der Waals surface area contributed by atoms with Crippen LogP contribution in [0.5, 0.6) is 0 Å². The van der Waals surface area contributed by atoms with Gasteiger partial charge in [-0.2, -0.15) is 0 Å². The number of hydrogen-bond donors (Lipinski definition) is 0. The van der Waals surface area contributed by atoms with Crippen molar-refractivity contribution < 1.29 is 14.2 Å². The average Bonchev–Trinajstić information content (AvgIpc) is 2.56. The Balaban J connectivity index is 2.12. The summed E-state index contributed by atoms with van der Waals surface area (Å²) < 4.78 is 11.6. The highest BCUT2D eigenvalue weighted by Gasteiger charge is 2.49. The molecule has 5 nitrogen and oxygen atoms in total. The lowest BCUT2D eigenvalue weighted by atomic mass is 9.89. The molecule has 0 spiro atoms. The van der Waals surface area contributed by atoms with Crippen molar-refractivity contribution in [3.05, 3.63) is 45.9 Å². The molecule has 0 aliphatic carbocycles. The molecule has 0 atom stereocenters. The van der Waals surface area contributed by atoms with E-state index in [1.807, 2.05) is 27.7 Å². The van der Waals surface area contributed by atoms with Gasteiger partial charge in [0, 0.05) is 12.1 Å². The van der Waals surface area contributed by atoms with Crippen LogP contribution in [0.3, 0.4) is 0 Å². The molecule has 0 N–H and O–H groups in total. The van der Waals surface area contributed by atoms with Crippen molar-refractivity contribution in [2.75, 3.05) is 0 Å². The molecular formula is C14H18BNO4. The van der Waals surface area contributed by atoms with E-state index in [-0.39, 0.29) is 16.9 Å². The summed E-state index contributed by atoms with van der Waals surface area (Å²) >= 11 is 0. The summed E-state index contributed by atoms with van der Waals surface area (Å²) in [5, 5.41) is 10.7. The summed E-state index contributed by atoms with van der Waals surface area (Å²) in [4.78, 5) is 10.3. The van der Waals surface area contributed by atoms with E-state index in [9.17, 15) is 10.1 Å². The maximum absolute atomic E-state index is 10.7. The van der Waals surface area contributed by atoms with Gasteiger partial charge in [0.1, 0.15) is 0 Å². The van der Waals surface area contributed by atoms with Gasteiger partial charge in [0.2, 0.25) is 0 Å². The Bertz CT molecular complexity index is 538. The molecule has 0 saturated carbocycles. The van der Waals surface area contributed by atoms with Crippen LogP contribution in [0.2, 0.25) is 0 Å². The van der Waals surface area contributed by atoms with Crippen LogP contribution in [0, 0.1) is 10.1 Å². The predicted octanol–water partition coefficient (Wildman–Crippen LogP) is 3.24. The summed E-state index contributed by atoms with van der Waals surface area (Å²) in [6.07, 6.45) is 1.77. The van der Waals surface area contributed by atoms with Gasteiger partial charge >= 0.3 is 7.12 Å². The Labute approximate surface area is 118 Å². The first-order valence-corrected chi connectivity index (χ1v) is 6.50. The van der Waals surface area contributed by atoms with Crippen molar-refractivity contribution >= 4 is 18.9 Å². The van der Waals surface area contributed by atoms with Crippen LogP contribution in [0.1, 0.15) is 33.3 Å². The van der Waals surface area contributed by atoms with Gasteiger partial charge in [-0.25, -0.2) is 0 Å². The fraction of sp³-hybridized carbons (Fsp3) is 0.429.